The third kappa shape index (κ3) is 4.05. The summed E-state index contributed by atoms with van der Waals surface area (Å²) in [4.78, 5) is 8.34. The molecule has 2 aromatic carbocycles. The molecule has 0 aliphatic carbocycles. The number of ether oxygens (including phenoxy) is 1. The topological polar surface area (TPSA) is 78.0 Å². The Kier molecular flexibility index (Phi) is 5.87. The van der Waals surface area contributed by atoms with E-state index in [4.69, 9.17) is 4.74 Å². The molecule has 5 rings (SSSR count). The zero-order chi connectivity index (χ0) is 25.6. The van der Waals surface area contributed by atoms with Crippen LogP contribution < -0.4 is 4.74 Å². The fourth-order valence-electron chi connectivity index (χ4n) is 4.33. The molecular weight excluding hydrogens is 478 g/mol. The lowest BCUT2D eigenvalue weighted by Gasteiger charge is -2.31. The first kappa shape index (κ1) is 23.7. The molecule has 0 saturated heterocycles. The van der Waals surface area contributed by atoms with E-state index in [-0.39, 0.29) is 23.6 Å². The molecule has 4 aromatic rings. The molecule has 1 aliphatic heterocycles. The minimum atomic E-state index is -1.97. The Hall–Kier alpha value is -3.99. The number of hydrogen-bond acceptors (Lipinski definition) is 5. The van der Waals surface area contributed by atoms with Crippen molar-refractivity contribution in [2.75, 3.05) is 7.11 Å². The number of aliphatic hydroxyl groups is 1. The number of aromatic nitrogens is 5. The SMILES string of the molecule is COc1cc(/C=C(\F)c2nc3n(n2)CCC[C@@]3(O)c2cc(F)c(F)c(F)c2)ccc1-n1cnc(C)c1. The van der Waals surface area contributed by atoms with Crippen molar-refractivity contribution in [2.24, 2.45) is 0 Å². The van der Waals surface area contributed by atoms with Crippen LogP contribution in [0.2, 0.25) is 0 Å². The Balaban J connectivity index is 1.50. The zero-order valence-corrected chi connectivity index (χ0v) is 19.3. The fraction of sp³-hybridized carbons (Fsp3) is 0.240. The van der Waals surface area contributed by atoms with Crippen molar-refractivity contribution in [1.29, 1.82) is 0 Å². The number of halogens is 4. The second kappa shape index (κ2) is 8.90. The number of methoxy groups -OCH3 is 1. The molecule has 0 radical (unpaired) electrons. The van der Waals surface area contributed by atoms with Gasteiger partial charge in [-0.3, -0.25) is 0 Å². The van der Waals surface area contributed by atoms with Gasteiger partial charge in [0.1, 0.15) is 11.4 Å². The highest BCUT2D eigenvalue weighted by atomic mass is 19.2. The third-order valence-corrected chi connectivity index (χ3v) is 6.11. The number of imidazole rings is 1. The monoisotopic (exact) mass is 499 g/mol. The molecule has 7 nitrogen and oxygen atoms in total. The Bertz CT molecular complexity index is 1470. The van der Waals surface area contributed by atoms with Crippen LogP contribution in [0.15, 0.2) is 42.9 Å². The minimum absolute atomic E-state index is 0.0490. The van der Waals surface area contributed by atoms with Crippen molar-refractivity contribution in [3.05, 3.63) is 88.8 Å². The smallest absolute Gasteiger partial charge is 0.210 e. The van der Waals surface area contributed by atoms with Crippen LogP contribution in [0.1, 0.15) is 41.3 Å². The van der Waals surface area contributed by atoms with E-state index in [2.05, 4.69) is 15.1 Å². The third-order valence-electron chi connectivity index (χ3n) is 6.11. The van der Waals surface area contributed by atoms with Crippen LogP contribution in [0, 0.1) is 24.4 Å². The van der Waals surface area contributed by atoms with Gasteiger partial charge in [0.2, 0.25) is 5.82 Å². The Morgan fingerprint density at radius 3 is 2.58 bits per heavy atom. The average Bonchev–Trinajstić information content (AvgIpc) is 3.49. The Labute approximate surface area is 203 Å². The van der Waals surface area contributed by atoms with E-state index in [0.29, 0.717) is 36.4 Å². The van der Waals surface area contributed by atoms with E-state index < -0.39 is 28.9 Å². The molecule has 0 fully saturated rings. The zero-order valence-electron chi connectivity index (χ0n) is 19.3. The van der Waals surface area contributed by atoms with Crippen molar-refractivity contribution >= 4 is 11.9 Å². The minimum Gasteiger partial charge on any atom is -0.495 e. The first-order valence-corrected chi connectivity index (χ1v) is 11.1. The Morgan fingerprint density at radius 2 is 1.92 bits per heavy atom. The van der Waals surface area contributed by atoms with Gasteiger partial charge >= 0.3 is 0 Å². The summed E-state index contributed by atoms with van der Waals surface area (Å²) in [6.07, 6.45) is 5.11. The molecule has 2 aromatic heterocycles. The normalized spacial score (nSPS) is 17.8. The van der Waals surface area contributed by atoms with Crippen LogP contribution >= 0.6 is 0 Å². The number of hydrogen-bond donors (Lipinski definition) is 1. The van der Waals surface area contributed by atoms with Gasteiger partial charge in [-0.2, -0.15) is 0 Å². The van der Waals surface area contributed by atoms with Gasteiger partial charge in [0.25, 0.3) is 0 Å². The van der Waals surface area contributed by atoms with Crippen LogP contribution in [0.3, 0.4) is 0 Å². The molecule has 11 heteroatoms. The van der Waals surface area contributed by atoms with E-state index in [1.54, 1.807) is 29.1 Å². The number of aryl methyl sites for hydroxylation is 2. The summed E-state index contributed by atoms with van der Waals surface area (Å²) >= 11 is 0. The predicted molar refractivity (Wildman–Crippen MR) is 122 cm³/mol. The Morgan fingerprint density at radius 1 is 1.17 bits per heavy atom. The highest BCUT2D eigenvalue weighted by Gasteiger charge is 2.41. The molecule has 0 spiro atoms. The molecule has 0 bridgehead atoms. The summed E-state index contributed by atoms with van der Waals surface area (Å²) in [7, 11) is 1.50. The molecule has 186 valence electrons. The molecule has 1 atom stereocenters. The van der Waals surface area contributed by atoms with Gasteiger partial charge in [-0.25, -0.2) is 32.2 Å². The van der Waals surface area contributed by atoms with Gasteiger partial charge in [0, 0.05) is 12.7 Å². The fourth-order valence-corrected chi connectivity index (χ4v) is 4.33. The van der Waals surface area contributed by atoms with Crippen molar-refractivity contribution in [3.63, 3.8) is 0 Å². The van der Waals surface area contributed by atoms with Gasteiger partial charge in [0.05, 0.1) is 24.8 Å². The van der Waals surface area contributed by atoms with Crippen LogP contribution in [0.25, 0.3) is 17.6 Å². The van der Waals surface area contributed by atoms with Crippen molar-refractivity contribution in [3.8, 4) is 11.4 Å². The first-order chi connectivity index (χ1) is 17.2. The summed E-state index contributed by atoms with van der Waals surface area (Å²) in [5, 5.41) is 15.4. The summed E-state index contributed by atoms with van der Waals surface area (Å²) in [5.74, 6) is -5.21. The molecule has 1 aliphatic rings. The van der Waals surface area contributed by atoms with Gasteiger partial charge in [0.15, 0.2) is 29.1 Å². The second-order valence-electron chi connectivity index (χ2n) is 8.55. The number of nitrogens with zero attached hydrogens (tertiary/aromatic N) is 5. The second-order valence-corrected chi connectivity index (χ2v) is 8.55. The van der Waals surface area contributed by atoms with Crippen LogP contribution in [-0.2, 0) is 12.1 Å². The van der Waals surface area contributed by atoms with Crippen LogP contribution in [0.5, 0.6) is 5.75 Å². The van der Waals surface area contributed by atoms with Crippen molar-refractivity contribution < 1.29 is 27.4 Å². The van der Waals surface area contributed by atoms with Gasteiger partial charge < -0.3 is 14.4 Å². The summed E-state index contributed by atoms with van der Waals surface area (Å²) < 4.78 is 64.9. The van der Waals surface area contributed by atoms with Crippen LogP contribution in [0.4, 0.5) is 17.6 Å². The molecule has 36 heavy (non-hydrogen) atoms. The average molecular weight is 499 g/mol. The summed E-state index contributed by atoms with van der Waals surface area (Å²) in [5.41, 5.74) is -0.176. The van der Waals surface area contributed by atoms with E-state index >= 15 is 4.39 Å². The van der Waals surface area contributed by atoms with Crippen molar-refractivity contribution in [2.45, 2.75) is 31.9 Å². The standard InChI is InChI=1S/C25H21F4N5O2/c1-14-12-33(13-30-14)20-5-4-15(9-21(20)36-2)8-19(28)23-31-24-25(35,6-3-7-34(24)32-23)16-10-17(26)22(29)18(27)11-16/h4-5,8-13,35H,3,6-7H2,1-2H3/b19-8-/t25-/m1/s1. The molecule has 0 unspecified atom stereocenters. The summed E-state index contributed by atoms with van der Waals surface area (Å²) in [6, 6.07) is 6.50. The lowest BCUT2D eigenvalue weighted by molar-refractivity contribution is 0.0387. The maximum atomic E-state index is 15.2. The highest BCUT2D eigenvalue weighted by Crippen LogP contribution is 2.38. The number of fused-ring (bicyclic) bond motifs is 1. The highest BCUT2D eigenvalue weighted by molar-refractivity contribution is 5.75. The maximum Gasteiger partial charge on any atom is 0.210 e. The number of benzene rings is 2. The molecule has 0 saturated carbocycles. The molecule has 1 N–H and O–H groups in total. The lowest BCUT2D eigenvalue weighted by atomic mass is 9.86. The quantitative estimate of drug-likeness (QED) is 0.318. The maximum absolute atomic E-state index is 15.2. The molecule has 0 amide bonds. The summed E-state index contributed by atoms with van der Waals surface area (Å²) in [6.45, 7) is 2.17. The van der Waals surface area contributed by atoms with Gasteiger partial charge in [-0.1, -0.05) is 6.07 Å². The predicted octanol–water partition coefficient (Wildman–Crippen LogP) is 4.70. The van der Waals surface area contributed by atoms with Crippen molar-refractivity contribution in [1.82, 2.24) is 24.3 Å². The molecule has 3 heterocycles. The molecular formula is C25H21F4N5O2. The van der Waals surface area contributed by atoms with E-state index in [1.807, 2.05) is 13.1 Å². The number of rotatable bonds is 5. The van der Waals surface area contributed by atoms with E-state index in [1.165, 1.54) is 17.9 Å². The lowest BCUT2D eigenvalue weighted by Crippen LogP contribution is -2.36. The van der Waals surface area contributed by atoms with Crippen LogP contribution in [-0.4, -0.2) is 36.5 Å². The first-order valence-electron chi connectivity index (χ1n) is 11.1. The van der Waals surface area contributed by atoms with Gasteiger partial charge in [-0.05, 0) is 61.2 Å². The van der Waals surface area contributed by atoms with Gasteiger partial charge in [-0.15, -0.1) is 5.10 Å². The largest absolute Gasteiger partial charge is 0.495 e. The van der Waals surface area contributed by atoms with E-state index in [9.17, 15) is 18.3 Å². The van der Waals surface area contributed by atoms with E-state index in [0.717, 1.165) is 11.4 Å².